The van der Waals surface area contributed by atoms with E-state index < -0.39 is 5.97 Å². The summed E-state index contributed by atoms with van der Waals surface area (Å²) in [7, 11) is 1.62. The molecule has 0 saturated heterocycles. The normalized spacial score (nSPS) is 6.24. The molecule has 1 N–H and O–H groups in total. The number of carbonyl (C=O) groups is 1. The van der Waals surface area contributed by atoms with Gasteiger partial charge in [-0.1, -0.05) is 12.0 Å². The number of hydrogen-bond acceptors (Lipinski definition) is 2. The molecule has 29 heavy (non-hydrogen) atoms. The zero-order chi connectivity index (χ0) is 23.5. The Bertz CT molecular complexity index is 434. The van der Waals surface area contributed by atoms with Crippen LogP contribution in [0.3, 0.4) is 0 Å². The third-order valence-electron chi connectivity index (χ3n) is 1.87. The van der Waals surface area contributed by atoms with Gasteiger partial charge in [-0.15, -0.1) is 12.5 Å². The van der Waals surface area contributed by atoms with E-state index in [-0.39, 0.29) is 46.1 Å². The SMILES string of the molecule is C=CCCC(C#CCCCC(=O)O)OC.[C-]#[O+].[C-]#[O+].[C-]#[O+].[C-]#[O+].[C-]#[O+].[C-]#[O+].[Co].[Co]. The summed E-state index contributed by atoms with van der Waals surface area (Å²) >= 11 is 0. The molecule has 0 aromatic rings. The maximum Gasteiger partial charge on any atom is 0 e. The van der Waals surface area contributed by atoms with Crippen molar-refractivity contribution in [3.05, 3.63) is 52.6 Å². The number of rotatable bonds is 7. The molecular weight excluding hydrogens is 478 g/mol. The Kier molecular flexibility index (Phi) is 186. The van der Waals surface area contributed by atoms with E-state index in [9.17, 15) is 4.79 Å². The van der Waals surface area contributed by atoms with Crippen LogP contribution in [0.5, 0.6) is 0 Å². The monoisotopic (exact) mass is 496 g/mol. The quantitative estimate of drug-likeness (QED) is 0.188. The van der Waals surface area contributed by atoms with Crippen LogP contribution >= 0.6 is 0 Å². The summed E-state index contributed by atoms with van der Waals surface area (Å²) in [5.41, 5.74) is 0. The summed E-state index contributed by atoms with van der Waals surface area (Å²) in [6.07, 6.45) is 4.87. The van der Waals surface area contributed by atoms with E-state index in [1.165, 1.54) is 0 Å². The van der Waals surface area contributed by atoms with Crippen LogP contribution < -0.4 is 0 Å². The van der Waals surface area contributed by atoms with E-state index in [1.54, 1.807) is 7.11 Å². The molecule has 0 aliphatic heterocycles. The Balaban J connectivity index is -0.0000000349. The fourth-order valence-corrected chi connectivity index (χ4v) is 1.03. The molecule has 0 heterocycles. The van der Waals surface area contributed by atoms with Crippen molar-refractivity contribution in [3.63, 3.8) is 0 Å². The van der Waals surface area contributed by atoms with Crippen LogP contribution in [0.15, 0.2) is 12.7 Å². The second-order valence-electron chi connectivity index (χ2n) is 3.16. The van der Waals surface area contributed by atoms with Gasteiger partial charge in [0.15, 0.2) is 0 Å². The maximum absolute atomic E-state index is 10.2. The van der Waals surface area contributed by atoms with Gasteiger partial charge >= 0.3 is 73.8 Å². The molecule has 162 valence electrons. The van der Waals surface area contributed by atoms with Crippen LogP contribution in [0.1, 0.15) is 32.1 Å². The van der Waals surface area contributed by atoms with Gasteiger partial charge in [-0.2, -0.15) is 0 Å². The molecule has 2 radical (unpaired) electrons. The standard InChI is InChI=1S/C12H18O3.6CO.2Co/c1-3-4-8-11(15-2)9-6-5-7-10-12(13)14;6*1-2;;/h3,11H,1,4-5,7-8,10H2,2H3,(H,13,14);;;;;;;;. The molecule has 0 bridgehead atoms. The fraction of sp³-hybridized carbons (Fsp3) is 0.389. The third kappa shape index (κ3) is 103. The first-order valence-corrected chi connectivity index (χ1v) is 6.27. The first-order valence-electron chi connectivity index (χ1n) is 6.27. The van der Waals surface area contributed by atoms with Crippen molar-refractivity contribution in [3.8, 4) is 11.8 Å². The molecule has 1 atom stereocenters. The van der Waals surface area contributed by atoms with E-state index in [0.29, 0.717) is 12.8 Å². The average Bonchev–Trinajstić information content (AvgIpc) is 2.78. The predicted molar refractivity (Wildman–Crippen MR) is 83.1 cm³/mol. The van der Waals surface area contributed by atoms with Gasteiger partial charge in [-0.3, -0.25) is 4.79 Å². The number of methoxy groups -OCH3 is 1. The van der Waals surface area contributed by atoms with Crippen molar-refractivity contribution in [2.75, 3.05) is 7.11 Å². The number of carboxylic acids is 1. The molecule has 0 fully saturated rings. The Morgan fingerprint density at radius 3 is 1.66 bits per heavy atom. The summed E-state index contributed by atoms with van der Waals surface area (Å²) in [6, 6.07) is 0. The molecule has 0 amide bonds. The maximum atomic E-state index is 10.2. The second-order valence-corrected chi connectivity index (χ2v) is 3.16. The van der Waals surface area contributed by atoms with Gasteiger partial charge in [0.2, 0.25) is 0 Å². The average molecular weight is 496 g/mol. The second kappa shape index (κ2) is 95.5. The van der Waals surface area contributed by atoms with Crippen molar-refractivity contribution in [2.24, 2.45) is 0 Å². The smallest absolute Gasteiger partial charge is 0 e. The largest absolute Gasteiger partial charge is 0 e. The molecule has 0 aliphatic carbocycles. The van der Waals surface area contributed by atoms with Crippen LogP contribution in [-0.4, -0.2) is 24.3 Å². The number of hydrogen-bond donors (Lipinski definition) is 1. The molecule has 0 rings (SSSR count). The van der Waals surface area contributed by atoms with Crippen LogP contribution in [-0.2, 0) is 71.0 Å². The zero-order valence-corrected chi connectivity index (χ0v) is 17.4. The summed E-state index contributed by atoms with van der Waals surface area (Å²) in [6.45, 7) is 30.6. The minimum Gasteiger partial charge on any atom is 0 e. The van der Waals surface area contributed by atoms with E-state index in [1.807, 2.05) is 6.08 Å². The molecule has 0 saturated carbocycles. The van der Waals surface area contributed by atoms with Crippen molar-refractivity contribution in [1.82, 2.24) is 0 Å². The molecule has 0 aromatic heterocycles. The fourth-order valence-electron chi connectivity index (χ4n) is 1.03. The first-order chi connectivity index (χ1) is 13.2. The van der Waals surface area contributed by atoms with Gasteiger partial charge in [0, 0.05) is 53.5 Å². The first kappa shape index (κ1) is 56.4. The van der Waals surface area contributed by atoms with Crippen molar-refractivity contribution >= 4 is 5.97 Å². The Morgan fingerprint density at radius 1 is 1.00 bits per heavy atom. The Morgan fingerprint density at radius 2 is 1.38 bits per heavy atom. The van der Waals surface area contributed by atoms with Crippen LogP contribution in [0.25, 0.3) is 0 Å². The van der Waals surface area contributed by atoms with Gasteiger partial charge in [0.25, 0.3) is 0 Å². The summed E-state index contributed by atoms with van der Waals surface area (Å²) in [5, 5.41) is 8.40. The number of allylic oxidation sites excluding steroid dienone is 1. The summed E-state index contributed by atoms with van der Waals surface area (Å²) in [4.78, 5) is 10.2. The zero-order valence-electron chi connectivity index (χ0n) is 15.3. The number of aliphatic carboxylic acids is 1. The van der Waals surface area contributed by atoms with E-state index >= 15 is 0 Å². The molecule has 1 unspecified atom stereocenters. The minimum absolute atomic E-state index is 0. The van der Waals surface area contributed by atoms with Crippen molar-refractivity contribution < 1.29 is 76.1 Å². The molecule has 0 aromatic carbocycles. The van der Waals surface area contributed by atoms with Crippen molar-refractivity contribution in [2.45, 2.75) is 38.2 Å². The number of carboxylic acid groups (broad SMARTS) is 1. The van der Waals surface area contributed by atoms with Gasteiger partial charge in [0.1, 0.15) is 6.10 Å². The van der Waals surface area contributed by atoms with E-state index in [2.05, 4.69) is 58.3 Å². The van der Waals surface area contributed by atoms with Gasteiger partial charge < -0.3 is 9.84 Å². The van der Waals surface area contributed by atoms with Gasteiger partial charge in [-0.25, -0.2) is 0 Å². The van der Waals surface area contributed by atoms with Crippen LogP contribution in [0.2, 0.25) is 0 Å². The molecular formula is C18H18Co2O9. The molecule has 9 nitrogen and oxygen atoms in total. The van der Waals surface area contributed by atoms with Gasteiger partial charge in [-0.05, 0) is 19.3 Å². The van der Waals surface area contributed by atoms with E-state index in [4.69, 9.17) is 37.8 Å². The molecule has 11 heteroatoms. The number of ether oxygens (including phenoxy) is 1. The summed E-state index contributed by atoms with van der Waals surface area (Å²) < 4.78 is 50.1. The number of unbranched alkanes of at least 4 members (excludes halogenated alkanes) is 1. The Hall–Kier alpha value is -1.82. The van der Waals surface area contributed by atoms with E-state index in [0.717, 1.165) is 12.8 Å². The third-order valence-corrected chi connectivity index (χ3v) is 1.87. The van der Waals surface area contributed by atoms with Gasteiger partial charge in [0.05, 0.1) is 0 Å². The molecule has 0 aliphatic rings. The van der Waals surface area contributed by atoms with Crippen LogP contribution in [0.4, 0.5) is 0 Å². The summed E-state index contributed by atoms with van der Waals surface area (Å²) in [5.74, 6) is 5.12. The Labute approximate surface area is 191 Å². The van der Waals surface area contributed by atoms with Crippen LogP contribution in [0, 0.1) is 51.7 Å². The minimum atomic E-state index is -0.772. The van der Waals surface area contributed by atoms with Crippen molar-refractivity contribution in [1.29, 1.82) is 0 Å². The topological polar surface area (TPSA) is 166 Å². The molecule has 0 spiro atoms. The predicted octanol–water partition coefficient (Wildman–Crippen LogP) is 2.00.